The molecular formula is C25H31NO4. The Labute approximate surface area is 178 Å². The highest BCUT2D eigenvalue weighted by atomic mass is 16.5. The Morgan fingerprint density at radius 1 is 1.03 bits per heavy atom. The lowest BCUT2D eigenvalue weighted by atomic mass is 9.95. The van der Waals surface area contributed by atoms with E-state index in [1.54, 1.807) is 0 Å². The van der Waals surface area contributed by atoms with Crippen molar-refractivity contribution in [2.24, 2.45) is 0 Å². The number of fused-ring (bicyclic) bond motifs is 1. The maximum absolute atomic E-state index is 12.9. The molecule has 0 unspecified atom stereocenters. The Balaban J connectivity index is 1.66. The standard InChI is InChI=1S/C25H31NO4/c27-24(28)17-6-1-3-11-20(25(29)26-21-13-4-2-5-14-21)18-30-23-16-9-12-19-10-7-8-15-22(19)23/h7-12,15-16,21H,1-6,13-14,17-18H2,(H,26,29)(H,27,28)/b20-11+. The SMILES string of the molecule is O=C(O)CCCC/C=C(\COc1cccc2ccccc12)C(=O)NC1CCCCC1. The molecule has 2 aromatic rings. The molecule has 0 saturated heterocycles. The molecule has 0 radical (unpaired) electrons. The van der Waals surface area contributed by atoms with Crippen LogP contribution >= 0.6 is 0 Å². The van der Waals surface area contributed by atoms with E-state index in [1.807, 2.05) is 48.5 Å². The fourth-order valence-electron chi connectivity index (χ4n) is 3.92. The summed E-state index contributed by atoms with van der Waals surface area (Å²) in [5.74, 6) is -0.0933. The van der Waals surface area contributed by atoms with Crippen LogP contribution in [0.2, 0.25) is 0 Å². The average Bonchev–Trinajstić information content (AvgIpc) is 2.76. The Morgan fingerprint density at radius 3 is 2.60 bits per heavy atom. The van der Waals surface area contributed by atoms with E-state index in [1.165, 1.54) is 6.42 Å². The van der Waals surface area contributed by atoms with E-state index < -0.39 is 5.97 Å². The molecule has 5 heteroatoms. The van der Waals surface area contributed by atoms with Gasteiger partial charge in [0.1, 0.15) is 12.4 Å². The zero-order valence-corrected chi connectivity index (χ0v) is 17.4. The van der Waals surface area contributed by atoms with E-state index >= 15 is 0 Å². The number of rotatable bonds is 10. The molecule has 0 bridgehead atoms. The van der Waals surface area contributed by atoms with Crippen molar-refractivity contribution < 1.29 is 19.4 Å². The van der Waals surface area contributed by atoms with Gasteiger partial charge in [-0.15, -0.1) is 0 Å². The molecule has 0 heterocycles. The van der Waals surface area contributed by atoms with Crippen molar-refractivity contribution in [2.75, 3.05) is 6.61 Å². The Morgan fingerprint density at radius 2 is 1.80 bits per heavy atom. The quantitative estimate of drug-likeness (QED) is 0.416. The molecular weight excluding hydrogens is 378 g/mol. The summed E-state index contributed by atoms with van der Waals surface area (Å²) in [6.07, 6.45) is 9.69. The normalized spacial score (nSPS) is 15.1. The third kappa shape index (κ3) is 6.61. The molecule has 0 aromatic heterocycles. The van der Waals surface area contributed by atoms with E-state index in [0.717, 1.165) is 48.6 Å². The van der Waals surface area contributed by atoms with Crippen LogP contribution in [0.25, 0.3) is 10.8 Å². The van der Waals surface area contributed by atoms with Crippen molar-refractivity contribution >= 4 is 22.6 Å². The number of hydrogen-bond acceptors (Lipinski definition) is 3. The molecule has 3 rings (SSSR count). The number of ether oxygens (including phenoxy) is 1. The summed E-state index contributed by atoms with van der Waals surface area (Å²) in [5, 5.41) is 14.1. The van der Waals surface area contributed by atoms with Crippen LogP contribution < -0.4 is 10.1 Å². The second-order valence-corrected chi connectivity index (χ2v) is 7.94. The van der Waals surface area contributed by atoms with Crippen LogP contribution in [0.15, 0.2) is 54.1 Å². The predicted molar refractivity (Wildman–Crippen MR) is 119 cm³/mol. The van der Waals surface area contributed by atoms with Crippen molar-refractivity contribution in [2.45, 2.75) is 63.8 Å². The molecule has 0 atom stereocenters. The summed E-state index contributed by atoms with van der Waals surface area (Å²) in [4.78, 5) is 23.6. The number of allylic oxidation sites excluding steroid dienone is 1. The summed E-state index contributed by atoms with van der Waals surface area (Å²) in [7, 11) is 0. The summed E-state index contributed by atoms with van der Waals surface area (Å²) in [5.41, 5.74) is 0.615. The molecule has 1 fully saturated rings. The number of carboxylic acid groups (broad SMARTS) is 1. The topological polar surface area (TPSA) is 75.6 Å². The molecule has 1 saturated carbocycles. The van der Waals surface area contributed by atoms with Crippen LogP contribution in [0, 0.1) is 0 Å². The first-order valence-electron chi connectivity index (χ1n) is 11.0. The van der Waals surface area contributed by atoms with Crippen LogP contribution in [0.1, 0.15) is 57.8 Å². The van der Waals surface area contributed by atoms with Gasteiger partial charge < -0.3 is 15.2 Å². The average molecular weight is 410 g/mol. The largest absolute Gasteiger partial charge is 0.488 e. The number of benzene rings is 2. The van der Waals surface area contributed by atoms with Gasteiger partial charge >= 0.3 is 5.97 Å². The predicted octanol–water partition coefficient (Wildman–Crippen LogP) is 5.24. The number of unbranched alkanes of at least 4 members (excludes halogenated alkanes) is 2. The fourth-order valence-corrected chi connectivity index (χ4v) is 3.92. The van der Waals surface area contributed by atoms with E-state index in [-0.39, 0.29) is 25.0 Å². The molecule has 1 amide bonds. The Kier molecular flexibility index (Phi) is 8.30. The highest BCUT2D eigenvalue weighted by Gasteiger charge is 2.18. The summed E-state index contributed by atoms with van der Waals surface area (Å²) in [6.45, 7) is 0.200. The second-order valence-electron chi connectivity index (χ2n) is 7.94. The summed E-state index contributed by atoms with van der Waals surface area (Å²) < 4.78 is 6.06. The van der Waals surface area contributed by atoms with Gasteiger partial charge in [0.05, 0.1) is 5.57 Å². The first kappa shape index (κ1) is 21.9. The van der Waals surface area contributed by atoms with Gasteiger partial charge in [-0.05, 0) is 43.6 Å². The minimum absolute atomic E-state index is 0.0691. The van der Waals surface area contributed by atoms with E-state index in [0.29, 0.717) is 18.4 Å². The molecule has 0 spiro atoms. The zero-order valence-electron chi connectivity index (χ0n) is 17.4. The van der Waals surface area contributed by atoms with E-state index in [4.69, 9.17) is 9.84 Å². The van der Waals surface area contributed by atoms with Crippen molar-refractivity contribution in [3.05, 3.63) is 54.1 Å². The number of carbonyl (C=O) groups is 2. The third-order valence-electron chi connectivity index (χ3n) is 5.60. The van der Waals surface area contributed by atoms with Gasteiger partial charge in [-0.25, -0.2) is 0 Å². The summed E-state index contributed by atoms with van der Waals surface area (Å²) >= 11 is 0. The lowest BCUT2D eigenvalue weighted by molar-refractivity contribution is -0.137. The van der Waals surface area contributed by atoms with Crippen molar-refractivity contribution in [3.63, 3.8) is 0 Å². The highest BCUT2D eigenvalue weighted by molar-refractivity contribution is 5.94. The number of aliphatic carboxylic acids is 1. The van der Waals surface area contributed by atoms with Gasteiger partial charge in [-0.3, -0.25) is 9.59 Å². The number of amides is 1. The van der Waals surface area contributed by atoms with Gasteiger partial charge in [0, 0.05) is 17.8 Å². The Hall–Kier alpha value is -2.82. The van der Waals surface area contributed by atoms with Crippen LogP contribution in [-0.2, 0) is 9.59 Å². The molecule has 30 heavy (non-hydrogen) atoms. The summed E-state index contributed by atoms with van der Waals surface area (Å²) in [6, 6.07) is 14.2. The minimum atomic E-state index is -0.784. The highest BCUT2D eigenvalue weighted by Crippen LogP contribution is 2.26. The first-order valence-corrected chi connectivity index (χ1v) is 11.0. The lowest BCUT2D eigenvalue weighted by Gasteiger charge is -2.23. The smallest absolute Gasteiger partial charge is 0.303 e. The van der Waals surface area contributed by atoms with Crippen LogP contribution in [-0.4, -0.2) is 29.6 Å². The fraction of sp³-hybridized carbons (Fsp3) is 0.440. The van der Waals surface area contributed by atoms with Crippen molar-refractivity contribution in [1.29, 1.82) is 0 Å². The van der Waals surface area contributed by atoms with E-state index in [2.05, 4.69) is 5.32 Å². The molecule has 2 aromatic carbocycles. The molecule has 1 aliphatic carbocycles. The number of carboxylic acids is 1. The Bertz CT molecular complexity index is 878. The first-order chi connectivity index (χ1) is 14.6. The lowest BCUT2D eigenvalue weighted by Crippen LogP contribution is -2.38. The van der Waals surface area contributed by atoms with Crippen LogP contribution in [0.4, 0.5) is 0 Å². The number of nitrogens with one attached hydrogen (secondary N) is 1. The minimum Gasteiger partial charge on any atom is -0.488 e. The molecule has 160 valence electrons. The molecule has 5 nitrogen and oxygen atoms in total. The number of hydrogen-bond donors (Lipinski definition) is 2. The molecule has 0 aliphatic heterocycles. The van der Waals surface area contributed by atoms with Gasteiger partial charge in [0.25, 0.3) is 5.91 Å². The zero-order chi connectivity index (χ0) is 21.2. The van der Waals surface area contributed by atoms with Gasteiger partial charge in [0.2, 0.25) is 0 Å². The van der Waals surface area contributed by atoms with Gasteiger partial charge in [-0.2, -0.15) is 0 Å². The monoisotopic (exact) mass is 409 g/mol. The van der Waals surface area contributed by atoms with Crippen molar-refractivity contribution in [1.82, 2.24) is 5.32 Å². The van der Waals surface area contributed by atoms with Gasteiger partial charge in [0.15, 0.2) is 0 Å². The van der Waals surface area contributed by atoms with E-state index in [9.17, 15) is 9.59 Å². The maximum atomic E-state index is 12.9. The third-order valence-corrected chi connectivity index (χ3v) is 5.60. The van der Waals surface area contributed by atoms with Gasteiger partial charge in [-0.1, -0.05) is 61.7 Å². The molecule has 1 aliphatic rings. The maximum Gasteiger partial charge on any atom is 0.303 e. The molecule has 2 N–H and O–H groups in total. The number of carbonyl (C=O) groups excluding carboxylic acids is 1. The van der Waals surface area contributed by atoms with Crippen LogP contribution in [0.5, 0.6) is 5.75 Å². The van der Waals surface area contributed by atoms with Crippen molar-refractivity contribution in [3.8, 4) is 5.75 Å². The van der Waals surface area contributed by atoms with Crippen LogP contribution in [0.3, 0.4) is 0 Å². The second kappa shape index (κ2) is 11.4.